The number of nitro groups is 1. The second kappa shape index (κ2) is 5.76. The zero-order valence-electron chi connectivity index (χ0n) is 12.4. The summed E-state index contributed by atoms with van der Waals surface area (Å²) in [6, 6.07) is 5.22. The third-order valence-corrected chi connectivity index (χ3v) is 4.67. The summed E-state index contributed by atoms with van der Waals surface area (Å²) in [4.78, 5) is 9.91. The summed E-state index contributed by atoms with van der Waals surface area (Å²) >= 11 is 0. The van der Waals surface area contributed by atoms with Crippen molar-refractivity contribution in [1.29, 1.82) is 0 Å². The van der Waals surface area contributed by atoms with E-state index in [0.717, 1.165) is 6.07 Å². The SMILES string of the molecule is CCn1nc(C)c(NS(=O)(=O)c2ccccc2[N+](=O)[O-])c1C. The first-order chi connectivity index (χ1) is 10.3. The van der Waals surface area contributed by atoms with Gasteiger partial charge in [-0.25, -0.2) is 8.42 Å². The number of nitrogens with zero attached hydrogens (tertiary/aromatic N) is 3. The Morgan fingerprint density at radius 2 is 1.95 bits per heavy atom. The zero-order chi connectivity index (χ0) is 16.5. The number of aryl methyl sites for hydroxylation is 2. The Balaban J connectivity index is 2.50. The third kappa shape index (κ3) is 2.80. The number of para-hydroxylation sites is 1. The van der Waals surface area contributed by atoms with Gasteiger partial charge in [-0.2, -0.15) is 5.10 Å². The van der Waals surface area contributed by atoms with Crippen LogP contribution in [-0.4, -0.2) is 23.1 Å². The van der Waals surface area contributed by atoms with Gasteiger partial charge in [-0.1, -0.05) is 12.1 Å². The summed E-state index contributed by atoms with van der Waals surface area (Å²) in [6.45, 7) is 5.90. The Labute approximate surface area is 128 Å². The lowest BCUT2D eigenvalue weighted by Crippen LogP contribution is -2.15. The molecule has 1 aromatic carbocycles. The molecule has 0 bridgehead atoms. The summed E-state index contributed by atoms with van der Waals surface area (Å²) in [5.74, 6) is 0. The summed E-state index contributed by atoms with van der Waals surface area (Å²) in [5, 5.41) is 15.2. The lowest BCUT2D eigenvalue weighted by Gasteiger charge is -2.09. The van der Waals surface area contributed by atoms with Crippen LogP contribution in [0.15, 0.2) is 29.2 Å². The minimum Gasteiger partial charge on any atom is -0.276 e. The summed E-state index contributed by atoms with van der Waals surface area (Å²) in [5.41, 5.74) is 1.05. The smallest absolute Gasteiger partial charge is 0.276 e. The molecule has 0 aliphatic heterocycles. The molecule has 118 valence electrons. The third-order valence-electron chi connectivity index (χ3n) is 3.27. The van der Waals surface area contributed by atoms with E-state index in [4.69, 9.17) is 0 Å². The van der Waals surface area contributed by atoms with Crippen LogP contribution in [0.2, 0.25) is 0 Å². The van der Waals surface area contributed by atoms with E-state index in [-0.39, 0.29) is 4.90 Å². The van der Waals surface area contributed by atoms with Gasteiger partial charge in [0, 0.05) is 12.6 Å². The summed E-state index contributed by atoms with van der Waals surface area (Å²) < 4.78 is 29.0. The van der Waals surface area contributed by atoms with E-state index in [1.165, 1.54) is 18.2 Å². The Morgan fingerprint density at radius 3 is 2.50 bits per heavy atom. The lowest BCUT2D eigenvalue weighted by atomic mass is 10.3. The number of sulfonamides is 1. The molecule has 0 aliphatic carbocycles. The maximum absolute atomic E-state index is 12.5. The summed E-state index contributed by atoms with van der Waals surface area (Å²) in [6.07, 6.45) is 0. The lowest BCUT2D eigenvalue weighted by molar-refractivity contribution is -0.387. The van der Waals surface area contributed by atoms with Crippen LogP contribution in [-0.2, 0) is 16.6 Å². The van der Waals surface area contributed by atoms with Crippen molar-refractivity contribution in [3.63, 3.8) is 0 Å². The van der Waals surface area contributed by atoms with Crippen LogP contribution in [0.25, 0.3) is 0 Å². The van der Waals surface area contributed by atoms with Crippen molar-refractivity contribution in [2.45, 2.75) is 32.2 Å². The van der Waals surface area contributed by atoms with E-state index >= 15 is 0 Å². The highest BCUT2D eigenvalue weighted by molar-refractivity contribution is 7.92. The van der Waals surface area contributed by atoms with Gasteiger partial charge in [-0.15, -0.1) is 0 Å². The standard InChI is InChI=1S/C13H16N4O4S/c1-4-16-10(3)13(9(2)14-16)15-22(20,21)12-8-6-5-7-11(12)17(18)19/h5-8,15H,4H2,1-3H3. The molecule has 2 aromatic rings. The van der Waals surface area contributed by atoms with Crippen LogP contribution in [0.3, 0.4) is 0 Å². The van der Waals surface area contributed by atoms with E-state index in [2.05, 4.69) is 9.82 Å². The first-order valence-corrected chi connectivity index (χ1v) is 8.06. The molecule has 1 aromatic heterocycles. The van der Waals surface area contributed by atoms with Crippen molar-refractivity contribution < 1.29 is 13.3 Å². The highest BCUT2D eigenvalue weighted by Gasteiger charge is 2.27. The largest absolute Gasteiger partial charge is 0.289 e. The first kappa shape index (κ1) is 16.0. The quantitative estimate of drug-likeness (QED) is 0.670. The molecule has 0 amide bonds. The van der Waals surface area contributed by atoms with Crippen LogP contribution in [0.1, 0.15) is 18.3 Å². The molecule has 0 aliphatic rings. The number of rotatable bonds is 5. The second-order valence-electron chi connectivity index (χ2n) is 4.69. The van der Waals surface area contributed by atoms with Crippen molar-refractivity contribution >= 4 is 21.4 Å². The highest BCUT2D eigenvalue weighted by Crippen LogP contribution is 2.27. The maximum atomic E-state index is 12.5. The molecular weight excluding hydrogens is 308 g/mol. The topological polar surface area (TPSA) is 107 Å². The van der Waals surface area contributed by atoms with Gasteiger partial charge in [0.1, 0.15) is 0 Å². The van der Waals surface area contributed by atoms with Gasteiger partial charge >= 0.3 is 0 Å². The second-order valence-corrected chi connectivity index (χ2v) is 6.34. The monoisotopic (exact) mass is 324 g/mol. The molecule has 0 unspecified atom stereocenters. The number of anilines is 1. The van der Waals surface area contributed by atoms with Crippen LogP contribution in [0.5, 0.6) is 0 Å². The molecule has 0 atom stereocenters. The van der Waals surface area contributed by atoms with Crippen molar-refractivity contribution in [3.8, 4) is 0 Å². The Bertz CT molecular complexity index is 827. The van der Waals surface area contributed by atoms with Gasteiger partial charge in [0.25, 0.3) is 15.7 Å². The molecule has 0 spiro atoms. The predicted molar refractivity (Wildman–Crippen MR) is 81.3 cm³/mol. The molecule has 0 saturated heterocycles. The van der Waals surface area contributed by atoms with Crippen molar-refractivity contribution in [2.75, 3.05) is 4.72 Å². The van der Waals surface area contributed by atoms with Crippen molar-refractivity contribution in [1.82, 2.24) is 9.78 Å². The van der Waals surface area contributed by atoms with Crippen LogP contribution in [0, 0.1) is 24.0 Å². The fourth-order valence-corrected chi connectivity index (χ4v) is 3.53. The Kier molecular flexibility index (Phi) is 4.18. The number of hydrogen-bond acceptors (Lipinski definition) is 5. The van der Waals surface area contributed by atoms with Gasteiger partial charge < -0.3 is 0 Å². The maximum Gasteiger partial charge on any atom is 0.289 e. The van der Waals surface area contributed by atoms with E-state index in [1.807, 2.05) is 6.92 Å². The van der Waals surface area contributed by atoms with Crippen LogP contribution >= 0.6 is 0 Å². The number of nitro benzene ring substituents is 1. The van der Waals surface area contributed by atoms with Gasteiger partial charge in [0.05, 0.1) is 22.0 Å². The van der Waals surface area contributed by atoms with Gasteiger partial charge in [0.2, 0.25) is 0 Å². The average Bonchev–Trinajstić information content (AvgIpc) is 2.74. The molecule has 0 radical (unpaired) electrons. The average molecular weight is 324 g/mol. The van der Waals surface area contributed by atoms with Gasteiger partial charge in [-0.3, -0.25) is 19.5 Å². The summed E-state index contributed by atoms with van der Waals surface area (Å²) in [7, 11) is -4.07. The van der Waals surface area contributed by atoms with Crippen LogP contribution < -0.4 is 4.72 Å². The molecule has 8 nitrogen and oxygen atoms in total. The fraction of sp³-hybridized carbons (Fsp3) is 0.308. The fourth-order valence-electron chi connectivity index (χ4n) is 2.18. The van der Waals surface area contributed by atoms with Gasteiger partial charge in [-0.05, 0) is 26.8 Å². The molecule has 9 heteroatoms. The molecular formula is C13H16N4O4S. The molecule has 22 heavy (non-hydrogen) atoms. The van der Waals surface area contributed by atoms with E-state index in [1.54, 1.807) is 18.5 Å². The minimum atomic E-state index is -4.07. The van der Waals surface area contributed by atoms with Crippen LogP contribution in [0.4, 0.5) is 11.4 Å². The minimum absolute atomic E-state index is 0.347. The predicted octanol–water partition coefficient (Wildman–Crippen LogP) is 2.23. The first-order valence-electron chi connectivity index (χ1n) is 6.58. The number of nitrogens with one attached hydrogen (secondary N) is 1. The normalized spacial score (nSPS) is 11.4. The van der Waals surface area contributed by atoms with Crippen molar-refractivity contribution in [2.24, 2.45) is 0 Å². The molecule has 0 fully saturated rings. The Morgan fingerprint density at radius 1 is 1.32 bits per heavy atom. The van der Waals surface area contributed by atoms with Gasteiger partial charge in [0.15, 0.2) is 4.90 Å². The molecule has 1 N–H and O–H groups in total. The number of aromatic nitrogens is 2. The molecule has 1 heterocycles. The number of hydrogen-bond donors (Lipinski definition) is 1. The molecule has 2 rings (SSSR count). The zero-order valence-corrected chi connectivity index (χ0v) is 13.2. The highest BCUT2D eigenvalue weighted by atomic mass is 32.2. The Hall–Kier alpha value is -2.42. The molecule has 0 saturated carbocycles. The van der Waals surface area contributed by atoms with Crippen molar-refractivity contribution in [3.05, 3.63) is 45.8 Å². The van der Waals surface area contributed by atoms with E-state index < -0.39 is 20.6 Å². The van der Waals surface area contributed by atoms with E-state index in [0.29, 0.717) is 23.6 Å². The number of benzene rings is 1. The van der Waals surface area contributed by atoms with E-state index in [9.17, 15) is 18.5 Å².